The Morgan fingerprint density at radius 1 is 0.957 bits per heavy atom. The van der Waals surface area contributed by atoms with E-state index in [2.05, 4.69) is 15.0 Å². The Hall–Kier alpha value is -2.58. The molecule has 23 heavy (non-hydrogen) atoms. The van der Waals surface area contributed by atoms with Crippen molar-refractivity contribution in [3.63, 3.8) is 0 Å². The van der Waals surface area contributed by atoms with Crippen LogP contribution in [0.15, 0.2) is 53.4 Å². The third-order valence-electron chi connectivity index (χ3n) is 2.96. The van der Waals surface area contributed by atoms with E-state index < -0.39 is 15.9 Å². The molecule has 2 aromatic carbocycles. The number of anilines is 1. The molecule has 0 bridgehead atoms. The van der Waals surface area contributed by atoms with Gasteiger partial charge in [0.2, 0.25) is 0 Å². The number of benzene rings is 2. The summed E-state index contributed by atoms with van der Waals surface area (Å²) in [5.41, 5.74) is 2.85. The van der Waals surface area contributed by atoms with E-state index in [9.17, 15) is 13.2 Å². The van der Waals surface area contributed by atoms with E-state index in [-0.39, 0.29) is 10.5 Å². The van der Waals surface area contributed by atoms with Gasteiger partial charge in [0.1, 0.15) is 5.75 Å². The van der Waals surface area contributed by atoms with Crippen LogP contribution >= 0.6 is 0 Å². The SMILES string of the molecule is CONC(=O)c1ccc(S(=O)(=O)Nc2ccc(OC)cc2)cc1. The van der Waals surface area contributed by atoms with Gasteiger partial charge in [0, 0.05) is 11.3 Å². The van der Waals surface area contributed by atoms with Crippen molar-refractivity contribution in [1.29, 1.82) is 0 Å². The number of methoxy groups -OCH3 is 1. The average molecular weight is 336 g/mol. The second-order valence-corrected chi connectivity index (χ2v) is 6.18. The summed E-state index contributed by atoms with van der Waals surface area (Å²) in [5, 5.41) is 0. The second-order valence-electron chi connectivity index (χ2n) is 4.49. The first kappa shape index (κ1) is 16.8. The Morgan fingerprint density at radius 2 is 1.57 bits per heavy atom. The molecule has 0 saturated carbocycles. The van der Waals surface area contributed by atoms with Gasteiger partial charge in [-0.05, 0) is 48.5 Å². The predicted octanol–water partition coefficient (Wildman–Crippen LogP) is 1.79. The minimum absolute atomic E-state index is 0.0438. The van der Waals surface area contributed by atoms with Crippen molar-refractivity contribution in [2.75, 3.05) is 18.9 Å². The maximum Gasteiger partial charge on any atom is 0.274 e. The lowest BCUT2D eigenvalue weighted by molar-refractivity contribution is 0.0537. The van der Waals surface area contributed by atoms with Crippen LogP contribution in [0.4, 0.5) is 5.69 Å². The van der Waals surface area contributed by atoms with Crippen molar-refractivity contribution in [3.05, 3.63) is 54.1 Å². The molecule has 0 radical (unpaired) electrons. The summed E-state index contributed by atoms with van der Waals surface area (Å²) >= 11 is 0. The largest absolute Gasteiger partial charge is 0.497 e. The van der Waals surface area contributed by atoms with Gasteiger partial charge in [-0.2, -0.15) is 0 Å². The Bertz CT molecular complexity index is 771. The fourth-order valence-corrected chi connectivity index (χ4v) is 2.87. The smallest absolute Gasteiger partial charge is 0.274 e. The standard InChI is InChI=1S/C15H16N2O5S/c1-21-13-7-5-12(6-8-13)17-23(19,20)14-9-3-11(4-10-14)15(18)16-22-2/h3-10,17H,1-2H3,(H,16,18). The van der Waals surface area contributed by atoms with Crippen molar-refractivity contribution < 1.29 is 22.8 Å². The number of hydrogen-bond acceptors (Lipinski definition) is 5. The topological polar surface area (TPSA) is 93.7 Å². The van der Waals surface area contributed by atoms with E-state index in [0.29, 0.717) is 11.4 Å². The van der Waals surface area contributed by atoms with Crippen molar-refractivity contribution in [1.82, 2.24) is 5.48 Å². The first-order chi connectivity index (χ1) is 11.0. The minimum atomic E-state index is -3.74. The Morgan fingerprint density at radius 3 is 2.09 bits per heavy atom. The third-order valence-corrected chi connectivity index (χ3v) is 4.36. The van der Waals surface area contributed by atoms with E-state index >= 15 is 0 Å². The predicted molar refractivity (Wildman–Crippen MR) is 84.7 cm³/mol. The molecule has 0 spiro atoms. The molecule has 0 heterocycles. The number of hydrogen-bond donors (Lipinski definition) is 2. The average Bonchev–Trinajstić information content (AvgIpc) is 2.55. The highest BCUT2D eigenvalue weighted by molar-refractivity contribution is 7.92. The maximum atomic E-state index is 12.3. The van der Waals surface area contributed by atoms with Crippen LogP contribution in [0.25, 0.3) is 0 Å². The van der Waals surface area contributed by atoms with Crippen LogP contribution in [0.1, 0.15) is 10.4 Å². The van der Waals surface area contributed by atoms with E-state index in [1.54, 1.807) is 24.3 Å². The van der Waals surface area contributed by atoms with Gasteiger partial charge in [0.25, 0.3) is 15.9 Å². The maximum absolute atomic E-state index is 12.3. The van der Waals surface area contributed by atoms with Crippen molar-refractivity contribution >= 4 is 21.6 Å². The Balaban J connectivity index is 2.16. The van der Waals surface area contributed by atoms with Crippen molar-refractivity contribution in [3.8, 4) is 5.75 Å². The first-order valence-electron chi connectivity index (χ1n) is 6.56. The van der Waals surface area contributed by atoms with E-state index in [1.807, 2.05) is 0 Å². The number of ether oxygens (including phenoxy) is 1. The molecular weight excluding hydrogens is 320 g/mol. The molecule has 8 heteroatoms. The highest BCUT2D eigenvalue weighted by Crippen LogP contribution is 2.19. The van der Waals surface area contributed by atoms with Crippen LogP contribution in [0.5, 0.6) is 5.75 Å². The van der Waals surface area contributed by atoms with Gasteiger partial charge in [0.15, 0.2) is 0 Å². The molecule has 7 nitrogen and oxygen atoms in total. The quantitative estimate of drug-likeness (QED) is 0.784. The van der Waals surface area contributed by atoms with Gasteiger partial charge in [-0.15, -0.1) is 0 Å². The van der Waals surface area contributed by atoms with Gasteiger partial charge >= 0.3 is 0 Å². The molecule has 0 aromatic heterocycles. The van der Waals surface area contributed by atoms with Gasteiger partial charge in [0.05, 0.1) is 19.1 Å². The molecule has 122 valence electrons. The highest BCUT2D eigenvalue weighted by Gasteiger charge is 2.15. The van der Waals surface area contributed by atoms with Crippen LogP contribution in [0.2, 0.25) is 0 Å². The normalized spacial score (nSPS) is 10.9. The number of nitrogens with one attached hydrogen (secondary N) is 2. The molecule has 0 fully saturated rings. The molecular formula is C15H16N2O5S. The molecule has 0 saturated heterocycles. The number of rotatable bonds is 6. The summed E-state index contributed by atoms with van der Waals surface area (Å²) < 4.78 is 32.1. The monoisotopic (exact) mass is 336 g/mol. The van der Waals surface area contributed by atoms with Gasteiger partial charge in [-0.3, -0.25) is 14.4 Å². The van der Waals surface area contributed by atoms with E-state index in [1.165, 1.54) is 38.5 Å². The lowest BCUT2D eigenvalue weighted by atomic mass is 10.2. The summed E-state index contributed by atoms with van der Waals surface area (Å²) in [6, 6.07) is 12.0. The molecule has 2 aromatic rings. The fraction of sp³-hybridized carbons (Fsp3) is 0.133. The molecule has 0 aliphatic carbocycles. The van der Waals surface area contributed by atoms with Gasteiger partial charge in [-0.25, -0.2) is 13.9 Å². The number of amides is 1. The summed E-state index contributed by atoms with van der Waals surface area (Å²) in [4.78, 5) is 16.1. The molecule has 0 atom stereocenters. The fourth-order valence-electron chi connectivity index (χ4n) is 1.81. The molecule has 0 unspecified atom stereocenters. The van der Waals surface area contributed by atoms with Crippen LogP contribution in [-0.4, -0.2) is 28.5 Å². The van der Waals surface area contributed by atoms with Gasteiger partial charge < -0.3 is 4.74 Å². The highest BCUT2D eigenvalue weighted by atomic mass is 32.2. The zero-order chi connectivity index (χ0) is 16.9. The molecule has 1 amide bonds. The van der Waals surface area contributed by atoms with Crippen LogP contribution in [-0.2, 0) is 14.9 Å². The summed E-state index contributed by atoms with van der Waals surface area (Å²) in [6.07, 6.45) is 0. The molecule has 0 aliphatic rings. The van der Waals surface area contributed by atoms with Crippen LogP contribution < -0.4 is 14.9 Å². The minimum Gasteiger partial charge on any atom is -0.497 e. The van der Waals surface area contributed by atoms with E-state index in [4.69, 9.17) is 4.74 Å². The number of sulfonamides is 1. The van der Waals surface area contributed by atoms with Gasteiger partial charge in [-0.1, -0.05) is 0 Å². The van der Waals surface area contributed by atoms with Crippen LogP contribution in [0.3, 0.4) is 0 Å². The third kappa shape index (κ3) is 4.21. The van der Waals surface area contributed by atoms with E-state index in [0.717, 1.165) is 0 Å². The molecule has 2 N–H and O–H groups in total. The zero-order valence-electron chi connectivity index (χ0n) is 12.6. The zero-order valence-corrected chi connectivity index (χ0v) is 13.4. The Kier molecular flexibility index (Phi) is 5.20. The summed E-state index contributed by atoms with van der Waals surface area (Å²) in [5.74, 6) is 0.168. The number of hydroxylamine groups is 1. The second kappa shape index (κ2) is 7.12. The van der Waals surface area contributed by atoms with Crippen LogP contribution in [0, 0.1) is 0 Å². The van der Waals surface area contributed by atoms with Crippen molar-refractivity contribution in [2.24, 2.45) is 0 Å². The number of carbonyl (C=O) groups is 1. The first-order valence-corrected chi connectivity index (χ1v) is 8.05. The summed E-state index contributed by atoms with van der Waals surface area (Å²) in [6.45, 7) is 0. The lowest BCUT2D eigenvalue weighted by Crippen LogP contribution is -2.21. The molecule has 0 aliphatic heterocycles. The lowest BCUT2D eigenvalue weighted by Gasteiger charge is -2.09. The summed E-state index contributed by atoms with van der Waals surface area (Å²) in [7, 11) is -0.898. The Labute approximate surface area is 134 Å². The number of carbonyl (C=O) groups excluding carboxylic acids is 1. The molecule has 2 rings (SSSR count). The van der Waals surface area contributed by atoms with Crippen molar-refractivity contribution in [2.45, 2.75) is 4.90 Å².